The molecule has 2 aromatic carbocycles. The van der Waals surface area contributed by atoms with E-state index < -0.39 is 0 Å². The molecule has 3 atom stereocenters. The van der Waals surface area contributed by atoms with Crippen molar-refractivity contribution >= 4 is 46.0 Å². The minimum absolute atomic E-state index is 0.0154. The van der Waals surface area contributed by atoms with Crippen LogP contribution >= 0.6 is 34.5 Å². The number of aryl methyl sites for hydroxylation is 1. The Bertz CT molecular complexity index is 1520. The Morgan fingerprint density at radius 2 is 1.89 bits per heavy atom. The topological polar surface area (TPSA) is 85.0 Å². The van der Waals surface area contributed by atoms with Gasteiger partial charge in [-0.1, -0.05) is 52.7 Å². The summed E-state index contributed by atoms with van der Waals surface area (Å²) >= 11 is 14.1. The van der Waals surface area contributed by atoms with Gasteiger partial charge in [0.15, 0.2) is 5.75 Å². The number of amides is 1. The van der Waals surface area contributed by atoms with Crippen molar-refractivity contribution in [3.8, 4) is 16.7 Å². The minimum atomic E-state index is 0.0154. The van der Waals surface area contributed by atoms with E-state index in [4.69, 9.17) is 37.4 Å². The van der Waals surface area contributed by atoms with Crippen molar-refractivity contribution in [1.82, 2.24) is 20.5 Å². The van der Waals surface area contributed by atoms with Crippen LogP contribution in [-0.2, 0) is 11.3 Å². The average molecular weight is 658 g/mol. The zero-order valence-electron chi connectivity index (χ0n) is 25.2. The van der Waals surface area contributed by atoms with Gasteiger partial charge in [-0.15, -0.1) is 0 Å². The molecular formula is C33H38Cl2N4O4S. The maximum atomic E-state index is 14.0. The van der Waals surface area contributed by atoms with E-state index in [9.17, 15) is 4.79 Å². The molecule has 1 amide bonds. The highest BCUT2D eigenvalue weighted by atomic mass is 35.5. The molecule has 1 saturated carbocycles. The number of carbonyl (C=O) groups is 1. The number of methoxy groups -OCH3 is 1. The molecule has 3 aromatic rings. The number of hydrogen-bond donors (Lipinski definition) is 2. The molecule has 6 rings (SSSR count). The fourth-order valence-corrected chi connectivity index (χ4v) is 7.71. The highest BCUT2D eigenvalue weighted by molar-refractivity contribution is 7.14. The quantitative estimate of drug-likeness (QED) is 0.229. The summed E-state index contributed by atoms with van der Waals surface area (Å²) in [5, 5.41) is 8.78. The number of ether oxygens (including phenoxy) is 3. The van der Waals surface area contributed by atoms with Crippen LogP contribution in [0.2, 0.25) is 10.0 Å². The van der Waals surface area contributed by atoms with Crippen molar-refractivity contribution in [3.05, 3.63) is 74.2 Å². The smallest absolute Gasteiger partial charge is 0.273 e. The number of rotatable bonds is 12. The zero-order valence-corrected chi connectivity index (χ0v) is 27.5. The van der Waals surface area contributed by atoms with E-state index in [0.29, 0.717) is 46.6 Å². The number of carbonyl (C=O) groups excluding carboxylic acids is 1. The van der Waals surface area contributed by atoms with Gasteiger partial charge in [0.25, 0.3) is 5.19 Å². The van der Waals surface area contributed by atoms with E-state index in [1.807, 2.05) is 37.4 Å². The maximum absolute atomic E-state index is 14.0. The highest BCUT2D eigenvalue weighted by Crippen LogP contribution is 2.40. The van der Waals surface area contributed by atoms with E-state index in [-0.39, 0.29) is 30.5 Å². The molecule has 1 unspecified atom stereocenters. The average Bonchev–Trinajstić information content (AvgIpc) is 3.73. The Kier molecular flexibility index (Phi) is 9.68. The number of fused-ring (bicyclic) bond motifs is 2. The lowest BCUT2D eigenvalue weighted by molar-refractivity contribution is -0.133. The molecule has 8 nitrogen and oxygen atoms in total. The Morgan fingerprint density at radius 3 is 2.64 bits per heavy atom. The SMILES string of the molecule is COc1cccc(CN(C(=O)CC2C(c3cnc(OCCOc4c(Cl)cc(C)cc4Cl)s3)=C[C@@H]3CNC[C@H]2N3)C2CC2)c1C. The van der Waals surface area contributed by atoms with Crippen molar-refractivity contribution < 1.29 is 19.0 Å². The molecule has 0 spiro atoms. The van der Waals surface area contributed by atoms with Crippen LogP contribution in [-0.4, -0.2) is 67.3 Å². The van der Waals surface area contributed by atoms with Crippen molar-refractivity contribution in [3.63, 3.8) is 0 Å². The molecule has 234 valence electrons. The summed E-state index contributed by atoms with van der Waals surface area (Å²) in [5.74, 6) is 1.51. The number of aromatic nitrogens is 1. The number of hydrogen-bond acceptors (Lipinski definition) is 8. The van der Waals surface area contributed by atoms with Gasteiger partial charge in [0.05, 0.1) is 22.0 Å². The number of benzene rings is 2. The number of piperazine rings is 1. The third-order valence-electron chi connectivity index (χ3n) is 8.55. The maximum Gasteiger partial charge on any atom is 0.273 e. The van der Waals surface area contributed by atoms with Gasteiger partial charge in [-0.2, -0.15) is 0 Å². The van der Waals surface area contributed by atoms with Crippen LogP contribution < -0.4 is 24.8 Å². The predicted octanol–water partition coefficient (Wildman–Crippen LogP) is 6.06. The van der Waals surface area contributed by atoms with E-state index in [1.165, 1.54) is 16.9 Å². The second-order valence-corrected chi connectivity index (χ2v) is 13.5. The molecule has 1 aromatic heterocycles. The summed E-state index contributed by atoms with van der Waals surface area (Å²) in [7, 11) is 1.69. The Balaban J connectivity index is 1.14. The number of halogens is 2. The van der Waals surface area contributed by atoms with E-state index >= 15 is 0 Å². The number of nitrogens with zero attached hydrogens (tertiary/aromatic N) is 2. The van der Waals surface area contributed by atoms with Gasteiger partial charge in [0, 0.05) is 56.3 Å². The van der Waals surface area contributed by atoms with Gasteiger partial charge in [0.1, 0.15) is 19.0 Å². The summed E-state index contributed by atoms with van der Waals surface area (Å²) < 4.78 is 17.3. The van der Waals surface area contributed by atoms with Crippen molar-refractivity contribution in [2.24, 2.45) is 5.92 Å². The molecule has 2 N–H and O–H groups in total. The lowest BCUT2D eigenvalue weighted by Crippen LogP contribution is -2.60. The van der Waals surface area contributed by atoms with Crippen LogP contribution in [0.4, 0.5) is 0 Å². The molecule has 2 bridgehead atoms. The summed E-state index contributed by atoms with van der Waals surface area (Å²) in [5.41, 5.74) is 4.35. The summed E-state index contributed by atoms with van der Waals surface area (Å²) in [6.45, 7) is 6.83. The molecular weight excluding hydrogens is 619 g/mol. The highest BCUT2D eigenvalue weighted by Gasteiger charge is 2.40. The van der Waals surface area contributed by atoms with Crippen LogP contribution in [0.25, 0.3) is 5.57 Å². The van der Waals surface area contributed by atoms with E-state index in [0.717, 1.165) is 53.2 Å². The van der Waals surface area contributed by atoms with E-state index in [1.54, 1.807) is 7.11 Å². The minimum Gasteiger partial charge on any atom is -0.496 e. The van der Waals surface area contributed by atoms with Gasteiger partial charge < -0.3 is 29.7 Å². The lowest BCUT2D eigenvalue weighted by Gasteiger charge is -2.41. The van der Waals surface area contributed by atoms with Gasteiger partial charge in [-0.05, 0) is 67.2 Å². The summed E-state index contributed by atoms with van der Waals surface area (Å²) in [4.78, 5) is 21.7. The number of thiazole rings is 1. The largest absolute Gasteiger partial charge is 0.496 e. The second kappa shape index (κ2) is 13.7. The fraction of sp³-hybridized carbons (Fsp3) is 0.455. The molecule has 3 heterocycles. The van der Waals surface area contributed by atoms with Crippen molar-refractivity contribution in [2.45, 2.75) is 57.8 Å². The first-order valence-corrected chi connectivity index (χ1v) is 16.7. The Labute approximate surface area is 272 Å². The molecule has 0 radical (unpaired) electrons. The first-order valence-electron chi connectivity index (χ1n) is 15.1. The molecule has 1 aliphatic carbocycles. The Morgan fingerprint density at radius 1 is 1.11 bits per heavy atom. The van der Waals surface area contributed by atoms with Gasteiger partial charge in [0.2, 0.25) is 5.91 Å². The molecule has 11 heteroatoms. The molecule has 2 aliphatic heterocycles. The summed E-state index contributed by atoms with van der Waals surface area (Å²) in [6.07, 6.45) is 6.65. The zero-order chi connectivity index (χ0) is 30.8. The molecule has 1 saturated heterocycles. The van der Waals surface area contributed by atoms with Crippen molar-refractivity contribution in [1.29, 1.82) is 0 Å². The third kappa shape index (κ3) is 7.02. The fourth-order valence-electron chi connectivity index (χ4n) is 6.13. The van der Waals surface area contributed by atoms with Crippen LogP contribution in [0.3, 0.4) is 0 Å². The van der Waals surface area contributed by atoms with Gasteiger partial charge in [-0.3, -0.25) is 4.79 Å². The lowest BCUT2D eigenvalue weighted by atomic mass is 9.81. The predicted molar refractivity (Wildman–Crippen MR) is 175 cm³/mol. The molecule has 3 aliphatic rings. The normalized spacial score (nSPS) is 21.0. The first-order chi connectivity index (χ1) is 21.3. The van der Waals surface area contributed by atoms with Gasteiger partial charge >= 0.3 is 0 Å². The van der Waals surface area contributed by atoms with Crippen LogP contribution in [0.1, 0.15) is 40.8 Å². The van der Waals surface area contributed by atoms with Crippen molar-refractivity contribution in [2.75, 3.05) is 33.4 Å². The third-order valence-corrected chi connectivity index (χ3v) is 10.1. The Hall–Kier alpha value is -2.82. The molecule has 2 fully saturated rings. The standard InChI is InChI=1S/C33H38Cl2N4O4S/c1-19-11-26(34)32(27(35)12-19)42-9-10-43-33-37-17-30(44-33)25-13-22-15-36-16-28(38-22)24(25)14-31(40)39(23-7-8-23)18-21-5-4-6-29(41-3)20(21)2/h4-6,11-13,17,22-24,28,36,38H,7-10,14-16,18H2,1-3H3/t22-,24?,28-/m1/s1. The van der Waals surface area contributed by atoms with Crippen LogP contribution in [0.15, 0.2) is 42.6 Å². The number of nitrogens with one attached hydrogen (secondary N) is 2. The van der Waals surface area contributed by atoms with Crippen LogP contribution in [0, 0.1) is 19.8 Å². The second-order valence-electron chi connectivity index (χ2n) is 11.7. The van der Waals surface area contributed by atoms with E-state index in [2.05, 4.69) is 39.6 Å². The monoisotopic (exact) mass is 656 g/mol. The first kappa shape index (κ1) is 31.2. The summed E-state index contributed by atoms with van der Waals surface area (Å²) in [6, 6.07) is 10.4. The van der Waals surface area contributed by atoms with Gasteiger partial charge in [-0.25, -0.2) is 4.98 Å². The molecule has 44 heavy (non-hydrogen) atoms. The van der Waals surface area contributed by atoms with Crippen LogP contribution in [0.5, 0.6) is 16.7 Å².